The molecule has 9 nitrogen and oxygen atoms in total. The first-order chi connectivity index (χ1) is 22.1. The number of likely N-dealkylation sites (tertiary alicyclic amines) is 1. The molecule has 2 aliphatic rings. The van der Waals surface area contributed by atoms with Crippen LogP contribution in [-0.2, 0) is 32.2 Å². The standard InChI is InChI=1S/C37H47N3O6/c1-5-38-36(43)39-22-26-8-6-9-30(20-26)27-15-17-29(18-16-27)35-44-31(21-33(45-35)28-13-11-25(24-41)12-14-28)23-40-19-7-10-32(40)34(42)46-37(2,3)4/h6,8-9,11-18,20,31-33,35,41H,5,7,10,19,21-24H2,1-4H3,(H2,38,39,43)/t31-,32+,33+,35+/m1/s1. The van der Waals surface area contributed by atoms with Crippen LogP contribution < -0.4 is 10.6 Å². The highest BCUT2D eigenvalue weighted by Crippen LogP contribution is 2.39. The number of hydrogen-bond donors (Lipinski definition) is 3. The maximum atomic E-state index is 13.0. The quantitative estimate of drug-likeness (QED) is 0.236. The first kappa shape index (κ1) is 33.6. The molecule has 0 aliphatic carbocycles. The number of amides is 2. The lowest BCUT2D eigenvalue weighted by molar-refractivity contribution is -0.253. The van der Waals surface area contributed by atoms with E-state index in [0.29, 0.717) is 26.1 Å². The van der Waals surface area contributed by atoms with Crippen molar-refractivity contribution in [3.63, 3.8) is 0 Å². The number of ether oxygens (including phenoxy) is 3. The smallest absolute Gasteiger partial charge is 0.323 e. The maximum Gasteiger partial charge on any atom is 0.323 e. The molecule has 0 radical (unpaired) electrons. The number of benzene rings is 3. The molecule has 3 aromatic rings. The van der Waals surface area contributed by atoms with Gasteiger partial charge in [0.25, 0.3) is 0 Å². The molecule has 2 aliphatic heterocycles. The molecule has 9 heteroatoms. The maximum absolute atomic E-state index is 13.0. The normalized spacial score (nSPS) is 21.9. The van der Waals surface area contributed by atoms with Crippen molar-refractivity contribution in [2.45, 2.75) is 90.2 Å². The van der Waals surface area contributed by atoms with Gasteiger partial charge in [0.15, 0.2) is 6.29 Å². The van der Waals surface area contributed by atoms with Gasteiger partial charge in [0, 0.05) is 31.6 Å². The average Bonchev–Trinajstić information content (AvgIpc) is 3.51. The van der Waals surface area contributed by atoms with E-state index in [4.69, 9.17) is 14.2 Å². The van der Waals surface area contributed by atoms with E-state index in [0.717, 1.165) is 52.8 Å². The first-order valence-corrected chi connectivity index (χ1v) is 16.3. The minimum atomic E-state index is -0.592. The molecule has 2 saturated heterocycles. The molecular weight excluding hydrogens is 582 g/mol. The minimum absolute atomic E-state index is 0.0128. The Bertz CT molecular complexity index is 1450. The molecule has 5 rings (SSSR count). The van der Waals surface area contributed by atoms with E-state index in [-0.39, 0.29) is 36.9 Å². The number of nitrogens with one attached hydrogen (secondary N) is 2. The number of aliphatic hydroxyl groups is 1. The molecule has 0 aromatic heterocycles. The number of carbonyl (C=O) groups is 2. The van der Waals surface area contributed by atoms with Crippen LogP contribution in [0.25, 0.3) is 11.1 Å². The van der Waals surface area contributed by atoms with Gasteiger partial charge in [0.05, 0.1) is 18.8 Å². The summed E-state index contributed by atoms with van der Waals surface area (Å²) < 4.78 is 18.9. The Morgan fingerprint density at radius 2 is 1.67 bits per heavy atom. The van der Waals surface area contributed by atoms with Gasteiger partial charge in [-0.2, -0.15) is 0 Å². The number of urea groups is 1. The SMILES string of the molecule is CCNC(=O)NCc1cccc(-c2ccc([C@H]3O[C@@H](CN4CCC[C@H]4C(=O)OC(C)(C)C)C[C@@H](c4ccc(CO)cc4)O3)cc2)c1. The highest BCUT2D eigenvalue weighted by atomic mass is 16.7. The molecule has 46 heavy (non-hydrogen) atoms. The van der Waals surface area contributed by atoms with Gasteiger partial charge < -0.3 is 30.0 Å². The van der Waals surface area contributed by atoms with Crippen molar-refractivity contribution in [3.8, 4) is 11.1 Å². The van der Waals surface area contributed by atoms with E-state index >= 15 is 0 Å². The van der Waals surface area contributed by atoms with Crippen LogP contribution in [-0.4, -0.2) is 59.4 Å². The molecular formula is C37H47N3O6. The molecule has 4 atom stereocenters. The van der Waals surface area contributed by atoms with Gasteiger partial charge in [-0.25, -0.2) is 4.79 Å². The van der Waals surface area contributed by atoms with Gasteiger partial charge in [0.2, 0.25) is 0 Å². The van der Waals surface area contributed by atoms with Crippen LogP contribution >= 0.6 is 0 Å². The Kier molecular flexibility index (Phi) is 11.1. The van der Waals surface area contributed by atoms with Crippen LogP contribution in [0.15, 0.2) is 72.8 Å². The van der Waals surface area contributed by atoms with E-state index in [2.05, 4.69) is 39.8 Å². The van der Waals surface area contributed by atoms with Crippen LogP contribution in [0.1, 0.15) is 81.6 Å². The Morgan fingerprint density at radius 1 is 0.935 bits per heavy atom. The van der Waals surface area contributed by atoms with Crippen molar-refractivity contribution in [2.75, 3.05) is 19.6 Å². The number of nitrogens with zero attached hydrogens (tertiary/aromatic N) is 1. The summed E-state index contributed by atoms with van der Waals surface area (Å²) in [5.41, 5.74) is 5.35. The molecule has 2 heterocycles. The van der Waals surface area contributed by atoms with Crippen molar-refractivity contribution < 1.29 is 28.9 Å². The summed E-state index contributed by atoms with van der Waals surface area (Å²) in [6.07, 6.45) is 1.38. The summed E-state index contributed by atoms with van der Waals surface area (Å²) in [7, 11) is 0. The van der Waals surface area contributed by atoms with Crippen molar-refractivity contribution in [1.29, 1.82) is 0 Å². The predicted octanol–water partition coefficient (Wildman–Crippen LogP) is 6.02. The van der Waals surface area contributed by atoms with E-state index in [1.54, 1.807) is 0 Å². The predicted molar refractivity (Wildman–Crippen MR) is 177 cm³/mol. The second kappa shape index (κ2) is 15.2. The molecule has 2 amide bonds. The molecule has 246 valence electrons. The summed E-state index contributed by atoms with van der Waals surface area (Å²) in [6.45, 7) is 10.0. The van der Waals surface area contributed by atoms with Gasteiger partial charge in [-0.3, -0.25) is 9.69 Å². The molecule has 0 bridgehead atoms. The van der Waals surface area contributed by atoms with E-state index in [9.17, 15) is 14.7 Å². The Hall–Kier alpha value is -3.76. The van der Waals surface area contributed by atoms with Crippen LogP contribution in [0.2, 0.25) is 0 Å². The number of rotatable bonds is 10. The Labute approximate surface area is 272 Å². The fraction of sp³-hybridized carbons (Fsp3) is 0.459. The average molecular weight is 630 g/mol. The third kappa shape index (κ3) is 8.94. The highest BCUT2D eigenvalue weighted by Gasteiger charge is 2.38. The molecule has 3 aromatic carbocycles. The lowest BCUT2D eigenvalue weighted by Gasteiger charge is -2.38. The van der Waals surface area contributed by atoms with Gasteiger partial charge in [-0.05, 0) is 81.0 Å². The highest BCUT2D eigenvalue weighted by molar-refractivity contribution is 5.76. The fourth-order valence-electron chi connectivity index (χ4n) is 6.07. The van der Waals surface area contributed by atoms with Crippen LogP contribution in [0.4, 0.5) is 4.79 Å². The number of hydrogen-bond acceptors (Lipinski definition) is 7. The fourth-order valence-corrected chi connectivity index (χ4v) is 6.07. The zero-order valence-electron chi connectivity index (χ0n) is 27.3. The topological polar surface area (TPSA) is 109 Å². The summed E-state index contributed by atoms with van der Waals surface area (Å²) in [5.74, 6) is -0.176. The third-order valence-electron chi connectivity index (χ3n) is 8.33. The van der Waals surface area contributed by atoms with Gasteiger partial charge in [-0.1, -0.05) is 66.7 Å². The van der Waals surface area contributed by atoms with Crippen molar-refractivity contribution in [3.05, 3.63) is 95.1 Å². The molecule has 0 spiro atoms. The third-order valence-corrected chi connectivity index (χ3v) is 8.33. The molecule has 0 saturated carbocycles. The largest absolute Gasteiger partial charge is 0.459 e. The van der Waals surface area contributed by atoms with Gasteiger partial charge in [0.1, 0.15) is 11.6 Å². The van der Waals surface area contributed by atoms with Crippen molar-refractivity contribution >= 4 is 12.0 Å². The molecule has 3 N–H and O–H groups in total. The Morgan fingerprint density at radius 3 is 2.37 bits per heavy atom. The summed E-state index contributed by atoms with van der Waals surface area (Å²) in [6, 6.07) is 23.7. The summed E-state index contributed by atoms with van der Waals surface area (Å²) in [5, 5.41) is 15.2. The van der Waals surface area contributed by atoms with E-state index in [1.807, 2.05) is 76.2 Å². The summed E-state index contributed by atoms with van der Waals surface area (Å²) in [4.78, 5) is 27.1. The van der Waals surface area contributed by atoms with E-state index in [1.165, 1.54) is 0 Å². The second-order valence-electron chi connectivity index (χ2n) is 13.1. The first-order valence-electron chi connectivity index (χ1n) is 16.3. The van der Waals surface area contributed by atoms with Crippen molar-refractivity contribution in [1.82, 2.24) is 15.5 Å². The summed E-state index contributed by atoms with van der Waals surface area (Å²) >= 11 is 0. The number of aliphatic hydroxyl groups excluding tert-OH is 1. The van der Waals surface area contributed by atoms with Gasteiger partial charge >= 0.3 is 12.0 Å². The Balaban J connectivity index is 1.32. The van der Waals surface area contributed by atoms with E-state index < -0.39 is 11.9 Å². The zero-order valence-corrected chi connectivity index (χ0v) is 27.3. The lowest BCUT2D eigenvalue weighted by Crippen LogP contribution is -2.45. The molecule has 2 fully saturated rings. The zero-order chi connectivity index (χ0) is 32.7. The second-order valence-corrected chi connectivity index (χ2v) is 13.1. The number of esters is 1. The van der Waals surface area contributed by atoms with Crippen LogP contribution in [0.3, 0.4) is 0 Å². The lowest BCUT2D eigenvalue weighted by atomic mass is 9.98. The van der Waals surface area contributed by atoms with Crippen molar-refractivity contribution in [2.24, 2.45) is 0 Å². The number of carbonyl (C=O) groups excluding carboxylic acids is 2. The van der Waals surface area contributed by atoms with Crippen LogP contribution in [0, 0.1) is 0 Å². The van der Waals surface area contributed by atoms with Crippen LogP contribution in [0.5, 0.6) is 0 Å². The minimum Gasteiger partial charge on any atom is -0.459 e. The molecule has 0 unspecified atom stereocenters. The van der Waals surface area contributed by atoms with Gasteiger partial charge in [-0.15, -0.1) is 0 Å². The monoisotopic (exact) mass is 629 g/mol.